The van der Waals surface area contributed by atoms with Gasteiger partial charge in [0, 0.05) is 44.2 Å². The van der Waals surface area contributed by atoms with E-state index in [-0.39, 0.29) is 35.8 Å². The van der Waals surface area contributed by atoms with Crippen molar-refractivity contribution in [3.63, 3.8) is 0 Å². The van der Waals surface area contributed by atoms with Crippen LogP contribution in [0, 0.1) is 16.7 Å². The van der Waals surface area contributed by atoms with Crippen molar-refractivity contribution in [2.24, 2.45) is 5.41 Å². The lowest BCUT2D eigenvalue weighted by Crippen LogP contribution is -2.58. The summed E-state index contributed by atoms with van der Waals surface area (Å²) in [6, 6.07) is 17.5. The topological polar surface area (TPSA) is 180 Å². The summed E-state index contributed by atoms with van der Waals surface area (Å²) < 4.78 is 63.6. The Bertz CT molecular complexity index is 2450. The fraction of sp³-hybridized carbons (Fsp3) is 0.449. The van der Waals surface area contributed by atoms with E-state index in [1.165, 1.54) is 12.5 Å². The van der Waals surface area contributed by atoms with E-state index >= 15 is 0 Å². The number of amides is 4. The molecular weight excluding hydrogens is 904 g/mol. The maximum absolute atomic E-state index is 13.9. The molecule has 0 unspecified atom stereocenters. The summed E-state index contributed by atoms with van der Waals surface area (Å²) in [6.45, 7) is 10.9. The lowest BCUT2D eigenvalue weighted by molar-refractivity contribution is -0.144. The summed E-state index contributed by atoms with van der Waals surface area (Å²) >= 11 is 5.62. The summed E-state index contributed by atoms with van der Waals surface area (Å²) in [5.74, 6) is -0.289. The number of ether oxygens (including phenoxy) is 3. The molecule has 2 N–H and O–H groups in total. The predicted molar refractivity (Wildman–Crippen MR) is 250 cm³/mol. The Kier molecular flexibility index (Phi) is 16.6. The first kappa shape index (κ1) is 51.0. The molecule has 0 radical (unpaired) electrons. The molecule has 2 atom stereocenters. The Morgan fingerprint density at radius 1 is 0.956 bits per heavy atom. The third kappa shape index (κ3) is 12.4. The minimum Gasteiger partial charge on any atom is -0.494 e. The van der Waals surface area contributed by atoms with Crippen LogP contribution in [0.4, 0.5) is 24.5 Å². The van der Waals surface area contributed by atoms with Crippen LogP contribution in [0.3, 0.4) is 0 Å². The minimum atomic E-state index is -4.80. The van der Waals surface area contributed by atoms with E-state index in [0.29, 0.717) is 75.8 Å². The van der Waals surface area contributed by atoms with Gasteiger partial charge in [-0.15, -0.1) is 0 Å². The van der Waals surface area contributed by atoms with Crippen molar-refractivity contribution in [3.05, 3.63) is 96.0 Å². The van der Waals surface area contributed by atoms with Crippen molar-refractivity contribution >= 4 is 52.3 Å². The fourth-order valence-electron chi connectivity index (χ4n) is 7.95. The average Bonchev–Trinajstić information content (AvgIpc) is 4.06. The summed E-state index contributed by atoms with van der Waals surface area (Å²) in [5, 5.41) is 15.0. The number of carbonyl (C=O) groups excluding carboxylic acids is 4. The van der Waals surface area contributed by atoms with Crippen LogP contribution in [0.25, 0.3) is 11.3 Å². The van der Waals surface area contributed by atoms with E-state index in [1.807, 2.05) is 45.0 Å². The molecule has 2 fully saturated rings. The molecule has 0 saturated carbocycles. The number of oxazole rings is 1. The van der Waals surface area contributed by atoms with Crippen LogP contribution in [-0.4, -0.2) is 95.8 Å². The van der Waals surface area contributed by atoms with Gasteiger partial charge in [-0.1, -0.05) is 45.0 Å². The number of rotatable bonds is 20. The normalized spacial score (nSPS) is 16.5. The highest BCUT2D eigenvalue weighted by atomic mass is 32.1. The highest BCUT2D eigenvalue weighted by molar-refractivity contribution is 7.81. The van der Waals surface area contributed by atoms with Gasteiger partial charge in [0.25, 0.3) is 5.91 Å². The fourth-order valence-corrected chi connectivity index (χ4v) is 8.47. The average molecular weight is 960 g/mol. The smallest absolute Gasteiger partial charge is 0.417 e. The molecule has 2 saturated heterocycles. The predicted octanol–water partition coefficient (Wildman–Crippen LogP) is 7.57. The van der Waals surface area contributed by atoms with Gasteiger partial charge in [0.2, 0.25) is 17.7 Å². The van der Waals surface area contributed by atoms with Crippen molar-refractivity contribution in [2.45, 2.75) is 97.1 Å². The lowest BCUT2D eigenvalue weighted by Gasteiger charge is -2.35. The second-order valence-electron chi connectivity index (χ2n) is 18.1. The van der Waals surface area contributed by atoms with E-state index in [9.17, 15) is 37.6 Å². The molecule has 0 aliphatic carbocycles. The monoisotopic (exact) mass is 959 g/mol. The molecule has 3 heterocycles. The van der Waals surface area contributed by atoms with Gasteiger partial charge in [0.1, 0.15) is 30.0 Å². The zero-order valence-corrected chi connectivity index (χ0v) is 39.5. The van der Waals surface area contributed by atoms with Crippen LogP contribution >= 0.6 is 12.2 Å². The Morgan fingerprint density at radius 3 is 2.29 bits per heavy atom. The molecule has 0 bridgehead atoms. The van der Waals surface area contributed by atoms with Crippen LogP contribution in [0.1, 0.15) is 83.4 Å². The van der Waals surface area contributed by atoms with E-state index < -0.39 is 52.2 Å². The molecule has 19 heteroatoms. The van der Waals surface area contributed by atoms with E-state index in [4.69, 9.17) is 30.8 Å². The van der Waals surface area contributed by atoms with E-state index in [0.717, 1.165) is 34.6 Å². The molecule has 4 aromatic rings. The van der Waals surface area contributed by atoms with Gasteiger partial charge in [-0.2, -0.15) is 18.4 Å². The van der Waals surface area contributed by atoms with E-state index in [2.05, 4.69) is 15.6 Å². The summed E-state index contributed by atoms with van der Waals surface area (Å²) in [7, 11) is 0. The molecule has 0 spiro atoms. The summed E-state index contributed by atoms with van der Waals surface area (Å²) in [4.78, 5) is 61.8. The molecule has 6 rings (SSSR count). The molecule has 15 nitrogen and oxygen atoms in total. The first-order valence-corrected chi connectivity index (χ1v) is 22.8. The van der Waals surface area contributed by atoms with Crippen LogP contribution in [0.2, 0.25) is 0 Å². The first-order chi connectivity index (χ1) is 32.3. The number of alkyl halides is 3. The van der Waals surface area contributed by atoms with Crippen molar-refractivity contribution in [1.29, 1.82) is 5.26 Å². The molecular formula is C49H56F3N7O8S. The van der Waals surface area contributed by atoms with Crippen LogP contribution in [-0.2, 0) is 41.4 Å². The number of likely N-dealkylation sites (tertiary alicyclic amines) is 1. The van der Waals surface area contributed by atoms with Gasteiger partial charge < -0.3 is 39.1 Å². The van der Waals surface area contributed by atoms with Gasteiger partial charge >= 0.3 is 6.18 Å². The van der Waals surface area contributed by atoms with Gasteiger partial charge in [0.15, 0.2) is 17.3 Å². The lowest BCUT2D eigenvalue weighted by atomic mass is 9.85. The van der Waals surface area contributed by atoms with E-state index in [1.54, 1.807) is 60.2 Å². The van der Waals surface area contributed by atoms with Gasteiger partial charge in [0.05, 0.1) is 35.7 Å². The number of benzene rings is 3. The Hall–Kier alpha value is -6.36. The standard InChI is InChI=1S/C49H56F3N7O8S/c1-47(2,3)42(44(62)57-21-8-10-39(57)43(61)55-28-32-11-13-33(14-12-32)40-29-54-31-67-40)56-41(60)30-65-24-9-23-64-22-6-7-25-66-37-19-17-35(18-20-37)59-46(68)58(45(63)48(59,4)5)36-16-15-34(27-53)38(26-36)49(50,51)52/h11-20,26,29,31,39,42H,6-10,21-25,28,30H2,1-5H3,(H,55,61)(H,56,60)/t39-,42+/m0/s1. The number of hydrogen-bond donors (Lipinski definition) is 2. The molecule has 3 aromatic carbocycles. The number of unbranched alkanes of at least 4 members (excludes halogenated alkanes) is 1. The SMILES string of the molecule is CC(C)(C)[C@H](NC(=O)COCCCOCCCCOc1ccc(N2C(=S)N(c3ccc(C#N)c(C(F)(F)F)c3)C(=O)C2(C)C)cc1)C(=O)N1CCC[C@H]1C(=O)NCc1ccc(-c2cnco2)cc1. The van der Waals surface area contributed by atoms with Gasteiger partial charge in [-0.25, -0.2) is 4.98 Å². The molecule has 2 aliphatic heterocycles. The summed E-state index contributed by atoms with van der Waals surface area (Å²) in [6.07, 6.45) is 1.37. The number of halogens is 3. The number of hydrogen-bond acceptors (Lipinski definition) is 11. The number of nitriles is 1. The molecule has 362 valence electrons. The molecule has 68 heavy (non-hydrogen) atoms. The highest BCUT2D eigenvalue weighted by Crippen LogP contribution is 2.40. The van der Waals surface area contributed by atoms with Crippen molar-refractivity contribution < 1.29 is 51.0 Å². The zero-order chi connectivity index (χ0) is 49.2. The highest BCUT2D eigenvalue weighted by Gasteiger charge is 2.51. The van der Waals surface area contributed by atoms with Gasteiger partial charge in [-0.05, 0) is 112 Å². The van der Waals surface area contributed by atoms with Crippen LogP contribution in [0.5, 0.6) is 5.75 Å². The zero-order valence-electron chi connectivity index (χ0n) is 38.7. The third-order valence-corrected chi connectivity index (χ3v) is 12.0. The number of nitrogens with zero attached hydrogens (tertiary/aromatic N) is 5. The first-order valence-electron chi connectivity index (χ1n) is 22.3. The second-order valence-corrected chi connectivity index (χ2v) is 18.4. The Labute approximate surface area is 398 Å². The number of carbonyl (C=O) groups is 4. The van der Waals surface area contributed by atoms with Gasteiger partial charge in [-0.3, -0.25) is 24.1 Å². The van der Waals surface area contributed by atoms with Crippen molar-refractivity contribution in [2.75, 3.05) is 49.4 Å². The molecule has 4 amide bonds. The molecule has 2 aliphatic rings. The van der Waals surface area contributed by atoms with Crippen molar-refractivity contribution in [3.8, 4) is 23.1 Å². The largest absolute Gasteiger partial charge is 0.494 e. The maximum atomic E-state index is 13.9. The number of thiocarbonyl (C=S) groups is 1. The number of nitrogens with one attached hydrogen (secondary N) is 2. The Morgan fingerprint density at radius 2 is 1.63 bits per heavy atom. The summed E-state index contributed by atoms with van der Waals surface area (Å²) in [5.41, 5.74) is -1.34. The Balaban J connectivity index is 0.855. The third-order valence-electron chi connectivity index (χ3n) is 11.6. The minimum absolute atomic E-state index is 0.00185. The van der Waals surface area contributed by atoms with Crippen molar-refractivity contribution in [1.82, 2.24) is 20.5 Å². The maximum Gasteiger partial charge on any atom is 0.417 e. The molecule has 1 aromatic heterocycles. The number of anilines is 2. The number of aromatic nitrogens is 1. The van der Waals surface area contributed by atoms with Crippen LogP contribution in [0.15, 0.2) is 83.7 Å². The quantitative estimate of drug-likeness (QED) is 0.0657. The van der Waals surface area contributed by atoms with Crippen LogP contribution < -0.4 is 25.2 Å². The second kappa shape index (κ2) is 22.2.